The van der Waals surface area contributed by atoms with E-state index in [1.54, 1.807) is 20.1 Å². The van der Waals surface area contributed by atoms with Crippen molar-refractivity contribution in [2.45, 2.75) is 13.3 Å². The number of rotatable bonds is 5. The highest BCUT2D eigenvalue weighted by atomic mass is 32.2. The van der Waals surface area contributed by atoms with Crippen LogP contribution in [0.3, 0.4) is 0 Å². The van der Waals surface area contributed by atoms with Gasteiger partial charge in [-0.05, 0) is 18.6 Å². The van der Waals surface area contributed by atoms with E-state index in [0.29, 0.717) is 5.69 Å². The number of benzene rings is 1. The van der Waals surface area contributed by atoms with E-state index in [1.165, 1.54) is 11.8 Å². The second-order valence-electron chi connectivity index (χ2n) is 3.53. The Morgan fingerprint density at radius 3 is 2.94 bits per heavy atom. The molecule has 1 aromatic rings. The fourth-order valence-electron chi connectivity index (χ4n) is 1.35. The third-order valence-corrected chi connectivity index (χ3v) is 2.99. The molecule has 0 aliphatic heterocycles. The molecule has 0 aromatic heterocycles. The highest BCUT2D eigenvalue weighted by Crippen LogP contribution is 2.22. The van der Waals surface area contributed by atoms with Gasteiger partial charge in [0.05, 0.1) is 7.11 Å². The smallest absolute Gasteiger partial charge is 0.185 e. The monoisotopic (exact) mass is 251 g/mol. The van der Waals surface area contributed by atoms with Gasteiger partial charge >= 0.3 is 0 Å². The van der Waals surface area contributed by atoms with E-state index in [0.717, 1.165) is 23.5 Å². The number of anilines is 1. The summed E-state index contributed by atoms with van der Waals surface area (Å²) in [5.74, 6) is 1.57. The molecule has 0 atom stereocenters. The molecular weight excluding hydrogens is 234 g/mol. The minimum atomic E-state index is 0.156. The normalized spacial score (nSPS) is 10.7. The number of carbonyl (C=O) groups excluding carboxylic acids is 1. The fourth-order valence-corrected chi connectivity index (χ4v) is 1.89. The topological polar surface area (TPSA) is 52.3 Å². The van der Waals surface area contributed by atoms with Crippen LogP contribution < -0.4 is 10.5 Å². The van der Waals surface area contributed by atoms with E-state index in [4.69, 9.17) is 10.5 Å². The molecule has 2 N–H and O–H groups in total. The lowest BCUT2D eigenvalue weighted by atomic mass is 10.1. The first kappa shape index (κ1) is 13.6. The molecule has 17 heavy (non-hydrogen) atoms. The average molecular weight is 251 g/mol. The molecule has 0 saturated carbocycles. The molecule has 1 rings (SSSR count). The number of nitrogens with two attached hydrogens (primary N) is 1. The first-order valence-corrected chi connectivity index (χ1v) is 6.35. The Morgan fingerprint density at radius 2 is 2.29 bits per heavy atom. The van der Waals surface area contributed by atoms with Crippen molar-refractivity contribution in [2.75, 3.05) is 18.6 Å². The van der Waals surface area contributed by atoms with Gasteiger partial charge in [0, 0.05) is 30.0 Å². The van der Waals surface area contributed by atoms with E-state index < -0.39 is 0 Å². The maximum atomic E-state index is 10.7. The summed E-state index contributed by atoms with van der Waals surface area (Å²) >= 11 is 1.34. The Hall–Kier alpha value is -1.42. The molecular formula is C13H17NO2S. The van der Waals surface area contributed by atoms with Crippen LogP contribution in [0.25, 0.3) is 6.08 Å². The van der Waals surface area contributed by atoms with Crippen LogP contribution >= 0.6 is 11.8 Å². The molecule has 1 aromatic carbocycles. The molecule has 0 fully saturated rings. The third kappa shape index (κ3) is 4.95. The van der Waals surface area contributed by atoms with E-state index in [-0.39, 0.29) is 5.12 Å². The number of methoxy groups -OCH3 is 1. The Bertz CT molecular complexity index is 416. The number of allylic oxidation sites excluding steroid dienone is 1. The average Bonchev–Trinajstić information content (AvgIpc) is 2.29. The van der Waals surface area contributed by atoms with Gasteiger partial charge < -0.3 is 10.5 Å². The summed E-state index contributed by atoms with van der Waals surface area (Å²) in [6.07, 6.45) is 4.88. The number of thioether (sulfide) groups is 1. The van der Waals surface area contributed by atoms with E-state index >= 15 is 0 Å². The largest absolute Gasteiger partial charge is 0.496 e. The van der Waals surface area contributed by atoms with Crippen LogP contribution in [-0.2, 0) is 4.79 Å². The highest BCUT2D eigenvalue weighted by molar-refractivity contribution is 8.13. The van der Waals surface area contributed by atoms with Gasteiger partial charge in [0.25, 0.3) is 0 Å². The third-order valence-electron chi connectivity index (χ3n) is 2.14. The molecule has 0 radical (unpaired) electrons. The van der Waals surface area contributed by atoms with Crippen LogP contribution in [0.1, 0.15) is 18.9 Å². The van der Waals surface area contributed by atoms with Crippen molar-refractivity contribution in [3.63, 3.8) is 0 Å². The zero-order valence-corrected chi connectivity index (χ0v) is 10.9. The summed E-state index contributed by atoms with van der Waals surface area (Å²) < 4.78 is 5.23. The molecule has 4 heteroatoms. The Morgan fingerprint density at radius 1 is 1.53 bits per heavy atom. The SMILES string of the molecule is COc1cc(N)ccc1C=CCCSC(C)=O. The summed E-state index contributed by atoms with van der Waals surface area (Å²) in [6.45, 7) is 1.58. The van der Waals surface area contributed by atoms with Crippen LogP contribution in [0.15, 0.2) is 24.3 Å². The first-order chi connectivity index (χ1) is 8.13. The highest BCUT2D eigenvalue weighted by Gasteiger charge is 1.99. The van der Waals surface area contributed by atoms with Crippen LogP contribution in [0.2, 0.25) is 0 Å². The van der Waals surface area contributed by atoms with E-state index in [2.05, 4.69) is 0 Å². The maximum Gasteiger partial charge on any atom is 0.185 e. The van der Waals surface area contributed by atoms with Crippen molar-refractivity contribution in [3.8, 4) is 5.75 Å². The first-order valence-electron chi connectivity index (χ1n) is 5.37. The summed E-state index contributed by atoms with van der Waals surface area (Å²) in [5, 5.41) is 0.156. The van der Waals surface area contributed by atoms with Gasteiger partial charge in [0.1, 0.15) is 5.75 Å². The van der Waals surface area contributed by atoms with Gasteiger partial charge in [-0.3, -0.25) is 4.79 Å². The molecule has 3 nitrogen and oxygen atoms in total. The van der Waals surface area contributed by atoms with Crippen molar-refractivity contribution in [1.82, 2.24) is 0 Å². The van der Waals surface area contributed by atoms with Crippen molar-refractivity contribution in [3.05, 3.63) is 29.8 Å². The molecule has 0 aliphatic rings. The van der Waals surface area contributed by atoms with Gasteiger partial charge in [0.15, 0.2) is 5.12 Å². The molecule has 0 aliphatic carbocycles. The number of carbonyl (C=O) groups is 1. The lowest BCUT2D eigenvalue weighted by molar-refractivity contribution is -0.109. The lowest BCUT2D eigenvalue weighted by Crippen LogP contribution is -1.90. The van der Waals surface area contributed by atoms with Crippen molar-refractivity contribution >= 4 is 28.6 Å². The molecule has 0 unspecified atom stereocenters. The summed E-state index contributed by atoms with van der Waals surface area (Å²) in [5.41, 5.74) is 7.35. The van der Waals surface area contributed by atoms with Crippen LogP contribution in [0.4, 0.5) is 5.69 Å². The molecule has 0 bridgehead atoms. The fraction of sp³-hybridized carbons (Fsp3) is 0.308. The second-order valence-corrected chi connectivity index (χ2v) is 4.80. The number of hydrogen-bond acceptors (Lipinski definition) is 4. The van der Waals surface area contributed by atoms with Crippen molar-refractivity contribution < 1.29 is 9.53 Å². The van der Waals surface area contributed by atoms with Gasteiger partial charge in [-0.15, -0.1) is 0 Å². The minimum Gasteiger partial charge on any atom is -0.496 e. The summed E-state index contributed by atoms with van der Waals surface area (Å²) in [4.78, 5) is 10.7. The number of ether oxygens (including phenoxy) is 1. The molecule has 0 amide bonds. The van der Waals surface area contributed by atoms with Gasteiger partial charge in [-0.25, -0.2) is 0 Å². The lowest BCUT2D eigenvalue weighted by Gasteiger charge is -2.05. The van der Waals surface area contributed by atoms with Crippen LogP contribution in [-0.4, -0.2) is 18.0 Å². The molecule has 0 saturated heterocycles. The van der Waals surface area contributed by atoms with Crippen LogP contribution in [0.5, 0.6) is 5.75 Å². The van der Waals surface area contributed by atoms with Gasteiger partial charge in [-0.2, -0.15) is 0 Å². The number of nitrogen functional groups attached to an aromatic ring is 1. The van der Waals surface area contributed by atoms with E-state index in [1.807, 2.05) is 24.3 Å². The zero-order chi connectivity index (χ0) is 12.7. The molecule has 0 heterocycles. The van der Waals surface area contributed by atoms with Gasteiger partial charge in [-0.1, -0.05) is 23.9 Å². The summed E-state index contributed by atoms with van der Waals surface area (Å²) in [7, 11) is 1.62. The standard InChI is InChI=1S/C13H17NO2S/c1-10(15)17-8-4-3-5-11-6-7-12(14)9-13(11)16-2/h3,5-7,9H,4,8,14H2,1-2H3. The van der Waals surface area contributed by atoms with Gasteiger partial charge in [0.2, 0.25) is 0 Å². The van der Waals surface area contributed by atoms with Crippen molar-refractivity contribution in [1.29, 1.82) is 0 Å². The zero-order valence-electron chi connectivity index (χ0n) is 10.1. The van der Waals surface area contributed by atoms with Crippen molar-refractivity contribution in [2.24, 2.45) is 0 Å². The predicted molar refractivity (Wildman–Crippen MR) is 74.2 cm³/mol. The maximum absolute atomic E-state index is 10.7. The number of hydrogen-bond donors (Lipinski definition) is 1. The molecule has 0 spiro atoms. The minimum absolute atomic E-state index is 0.156. The summed E-state index contributed by atoms with van der Waals surface area (Å²) in [6, 6.07) is 5.55. The van der Waals surface area contributed by atoms with Crippen LogP contribution in [0, 0.1) is 0 Å². The predicted octanol–water partition coefficient (Wildman–Crippen LogP) is 2.96. The molecule has 92 valence electrons. The second kappa shape index (κ2) is 7.01. The Balaban J connectivity index is 2.55. The quantitative estimate of drug-likeness (QED) is 0.645. The Labute approximate surface area is 106 Å². The van der Waals surface area contributed by atoms with E-state index in [9.17, 15) is 4.79 Å². The Kier molecular flexibility index (Phi) is 5.63.